The van der Waals surface area contributed by atoms with Crippen LogP contribution in [0.2, 0.25) is 10.0 Å². The van der Waals surface area contributed by atoms with E-state index in [0.29, 0.717) is 16.3 Å². The number of ether oxygens (including phenoxy) is 1. The molecule has 0 saturated carbocycles. The number of carbonyl (C=O) groups excluding carboxylic acids is 1. The van der Waals surface area contributed by atoms with Gasteiger partial charge in [0, 0.05) is 5.02 Å². The van der Waals surface area contributed by atoms with Crippen LogP contribution in [-0.4, -0.2) is 17.6 Å². The number of unbranched alkanes of at least 4 members (excludes halogenated alkanes) is 7. The maximum atomic E-state index is 12.3. The van der Waals surface area contributed by atoms with Crippen molar-refractivity contribution in [2.24, 2.45) is 0 Å². The lowest BCUT2D eigenvalue weighted by Crippen LogP contribution is -2.20. The summed E-state index contributed by atoms with van der Waals surface area (Å²) < 4.78 is 5.76. The Morgan fingerprint density at radius 3 is 2.39 bits per heavy atom. The van der Waals surface area contributed by atoms with Crippen molar-refractivity contribution in [1.29, 1.82) is 0 Å². The first-order valence-electron chi connectivity index (χ1n) is 11.1. The Hall–Kier alpha value is -1.91. The van der Waals surface area contributed by atoms with Gasteiger partial charge < -0.3 is 15.2 Å². The van der Waals surface area contributed by atoms with Crippen LogP contribution in [0.3, 0.4) is 0 Å². The van der Waals surface area contributed by atoms with Gasteiger partial charge in [0.15, 0.2) is 12.4 Å². The third-order valence-corrected chi connectivity index (χ3v) is 6.18. The number of aryl methyl sites for hydroxylation is 1. The molecular weight excluding hydrogens is 433 g/mol. The zero-order chi connectivity index (χ0) is 22.6. The molecule has 0 atom stereocenters. The Labute approximate surface area is 195 Å². The first-order chi connectivity index (χ1) is 14.9. The van der Waals surface area contributed by atoms with E-state index in [2.05, 4.69) is 12.2 Å². The third-order valence-electron chi connectivity index (χ3n) is 5.33. The van der Waals surface area contributed by atoms with Crippen LogP contribution < -0.4 is 10.1 Å². The molecule has 0 spiro atoms. The molecule has 0 bridgehead atoms. The van der Waals surface area contributed by atoms with E-state index >= 15 is 0 Å². The molecule has 0 aliphatic carbocycles. The molecule has 2 rings (SSSR count). The average molecular weight is 466 g/mol. The van der Waals surface area contributed by atoms with Gasteiger partial charge in [-0.1, -0.05) is 93.3 Å². The number of hydrogen-bond acceptors (Lipinski definition) is 3. The maximum absolute atomic E-state index is 12.3. The number of carbonyl (C=O) groups is 1. The molecule has 0 aliphatic heterocycles. The lowest BCUT2D eigenvalue weighted by atomic mass is 10.0. The average Bonchev–Trinajstić information content (AvgIpc) is 2.77. The van der Waals surface area contributed by atoms with E-state index in [9.17, 15) is 9.90 Å². The summed E-state index contributed by atoms with van der Waals surface area (Å²) in [7, 11) is 0. The van der Waals surface area contributed by atoms with Gasteiger partial charge in [0.2, 0.25) is 0 Å². The highest BCUT2D eigenvalue weighted by molar-refractivity contribution is 6.37. The standard InChI is InChI=1S/C25H33Cl2NO3/c1-3-4-5-6-7-8-9-10-13-19-14-11-12-15-22(19)31-17-23(29)28-21-16-20(26)18(2)24(27)25(21)30/h11-12,14-16,30H,3-10,13,17H2,1-2H3,(H,28,29). The monoisotopic (exact) mass is 465 g/mol. The summed E-state index contributed by atoms with van der Waals surface area (Å²) in [6.45, 7) is 3.76. The van der Waals surface area contributed by atoms with Gasteiger partial charge in [-0.15, -0.1) is 0 Å². The van der Waals surface area contributed by atoms with Crippen LogP contribution in [0.1, 0.15) is 69.4 Å². The number of hydrogen-bond donors (Lipinski definition) is 2. The van der Waals surface area contributed by atoms with Crippen LogP contribution >= 0.6 is 23.2 Å². The number of aromatic hydroxyl groups is 1. The van der Waals surface area contributed by atoms with Crippen molar-refractivity contribution in [1.82, 2.24) is 0 Å². The van der Waals surface area contributed by atoms with Crippen molar-refractivity contribution >= 4 is 34.8 Å². The number of phenols is 1. The predicted octanol–water partition coefficient (Wildman–Crippen LogP) is 7.71. The zero-order valence-corrected chi connectivity index (χ0v) is 20.0. The zero-order valence-electron chi connectivity index (χ0n) is 18.5. The molecular formula is C25H33Cl2NO3. The molecule has 0 fully saturated rings. The van der Waals surface area contributed by atoms with Gasteiger partial charge in [0.25, 0.3) is 5.91 Å². The summed E-state index contributed by atoms with van der Waals surface area (Å²) in [5.74, 6) is 0.116. The van der Waals surface area contributed by atoms with Crippen molar-refractivity contribution in [2.45, 2.75) is 71.6 Å². The molecule has 6 heteroatoms. The molecule has 0 aliphatic rings. The summed E-state index contributed by atoms with van der Waals surface area (Å²) in [6.07, 6.45) is 11.1. The highest BCUT2D eigenvalue weighted by Crippen LogP contribution is 2.38. The summed E-state index contributed by atoms with van der Waals surface area (Å²) in [5, 5.41) is 13.2. The largest absolute Gasteiger partial charge is 0.504 e. The Kier molecular flexibility index (Phi) is 11.0. The second-order valence-electron chi connectivity index (χ2n) is 7.86. The maximum Gasteiger partial charge on any atom is 0.262 e. The smallest absolute Gasteiger partial charge is 0.262 e. The second kappa shape index (κ2) is 13.5. The summed E-state index contributed by atoms with van der Waals surface area (Å²) in [5.41, 5.74) is 1.83. The number of nitrogens with one attached hydrogen (secondary N) is 1. The van der Waals surface area contributed by atoms with E-state index in [-0.39, 0.29) is 23.1 Å². The third kappa shape index (κ3) is 8.27. The van der Waals surface area contributed by atoms with Crippen LogP contribution in [0.25, 0.3) is 0 Å². The van der Waals surface area contributed by atoms with Crippen molar-refractivity contribution in [2.75, 3.05) is 11.9 Å². The van der Waals surface area contributed by atoms with Gasteiger partial charge >= 0.3 is 0 Å². The molecule has 2 N–H and O–H groups in total. The second-order valence-corrected chi connectivity index (χ2v) is 8.65. The van der Waals surface area contributed by atoms with Gasteiger partial charge in [-0.05, 0) is 43.0 Å². The van der Waals surface area contributed by atoms with E-state index in [1.807, 2.05) is 24.3 Å². The Bertz CT molecular complexity index is 855. The highest BCUT2D eigenvalue weighted by Gasteiger charge is 2.15. The molecule has 0 aromatic heterocycles. The van der Waals surface area contributed by atoms with Crippen LogP contribution in [0.4, 0.5) is 5.69 Å². The molecule has 2 aromatic carbocycles. The van der Waals surface area contributed by atoms with Crippen LogP contribution in [0, 0.1) is 6.92 Å². The normalized spacial score (nSPS) is 10.8. The number of benzene rings is 2. The van der Waals surface area contributed by atoms with Crippen molar-refractivity contribution in [3.63, 3.8) is 0 Å². The number of para-hydroxylation sites is 1. The topological polar surface area (TPSA) is 58.6 Å². The molecule has 1 amide bonds. The number of rotatable bonds is 13. The van der Waals surface area contributed by atoms with Crippen molar-refractivity contribution in [3.05, 3.63) is 51.5 Å². The Morgan fingerprint density at radius 2 is 1.68 bits per heavy atom. The highest BCUT2D eigenvalue weighted by atomic mass is 35.5. The lowest BCUT2D eigenvalue weighted by Gasteiger charge is -2.13. The van der Waals surface area contributed by atoms with E-state index < -0.39 is 5.91 Å². The SMILES string of the molecule is CCCCCCCCCCc1ccccc1OCC(=O)Nc1cc(Cl)c(C)c(Cl)c1O. The fraction of sp³-hybridized carbons (Fsp3) is 0.480. The van der Waals surface area contributed by atoms with Crippen LogP contribution in [0.15, 0.2) is 30.3 Å². The summed E-state index contributed by atoms with van der Waals surface area (Å²) in [4.78, 5) is 12.3. The summed E-state index contributed by atoms with van der Waals surface area (Å²) >= 11 is 12.1. The number of phenolic OH excluding ortho intramolecular Hbond substituents is 1. The fourth-order valence-corrected chi connectivity index (χ4v) is 3.88. The Balaban J connectivity index is 1.81. The number of halogens is 2. The molecule has 0 heterocycles. The first-order valence-corrected chi connectivity index (χ1v) is 11.9. The van der Waals surface area contributed by atoms with Gasteiger partial charge in [-0.3, -0.25) is 4.79 Å². The molecule has 170 valence electrons. The minimum Gasteiger partial charge on any atom is -0.504 e. The van der Waals surface area contributed by atoms with Gasteiger partial charge in [-0.25, -0.2) is 0 Å². The predicted molar refractivity (Wildman–Crippen MR) is 130 cm³/mol. The lowest BCUT2D eigenvalue weighted by molar-refractivity contribution is -0.118. The Morgan fingerprint density at radius 1 is 1.03 bits per heavy atom. The van der Waals surface area contributed by atoms with Gasteiger partial charge in [-0.2, -0.15) is 0 Å². The van der Waals surface area contributed by atoms with Gasteiger partial charge in [0.05, 0.1) is 10.7 Å². The fourth-order valence-electron chi connectivity index (χ4n) is 3.43. The summed E-state index contributed by atoms with van der Waals surface area (Å²) in [6, 6.07) is 9.29. The number of anilines is 1. The first kappa shape index (κ1) is 25.4. The molecule has 0 saturated heterocycles. The van der Waals surface area contributed by atoms with Crippen LogP contribution in [-0.2, 0) is 11.2 Å². The molecule has 2 aromatic rings. The van der Waals surface area contributed by atoms with E-state index in [1.165, 1.54) is 51.0 Å². The van der Waals surface area contributed by atoms with Crippen molar-refractivity contribution < 1.29 is 14.6 Å². The van der Waals surface area contributed by atoms with E-state index in [0.717, 1.165) is 18.4 Å². The van der Waals surface area contributed by atoms with E-state index in [1.54, 1.807) is 6.92 Å². The molecule has 0 unspecified atom stereocenters. The van der Waals surface area contributed by atoms with Crippen molar-refractivity contribution in [3.8, 4) is 11.5 Å². The van der Waals surface area contributed by atoms with Gasteiger partial charge in [0.1, 0.15) is 5.75 Å². The van der Waals surface area contributed by atoms with Crippen LogP contribution in [0.5, 0.6) is 11.5 Å². The minimum atomic E-state index is -0.395. The number of amides is 1. The van der Waals surface area contributed by atoms with E-state index in [4.69, 9.17) is 27.9 Å². The quantitative estimate of drug-likeness (QED) is 0.235. The molecule has 0 radical (unpaired) electrons. The minimum absolute atomic E-state index is 0.124. The molecule has 4 nitrogen and oxygen atoms in total. The molecule has 31 heavy (non-hydrogen) atoms.